The maximum absolute atomic E-state index is 3.40. The van der Waals surface area contributed by atoms with Gasteiger partial charge in [-0.25, -0.2) is 0 Å². The van der Waals surface area contributed by atoms with E-state index in [-0.39, 0.29) is 0 Å². The Hall–Kier alpha value is -0.380. The van der Waals surface area contributed by atoms with Crippen molar-refractivity contribution in [3.05, 3.63) is 22.4 Å². The van der Waals surface area contributed by atoms with Crippen LogP contribution in [0.5, 0.6) is 0 Å². The third-order valence-corrected chi connectivity index (χ3v) is 3.68. The molecule has 0 aliphatic carbocycles. The van der Waals surface area contributed by atoms with Crippen molar-refractivity contribution in [1.82, 2.24) is 10.2 Å². The smallest absolute Gasteiger partial charge is 0.0241 e. The lowest BCUT2D eigenvalue weighted by Gasteiger charge is -2.31. The predicted octanol–water partition coefficient (Wildman–Crippen LogP) is 1.93. The molecule has 78 valence electrons. The van der Waals surface area contributed by atoms with Crippen molar-refractivity contribution < 1.29 is 0 Å². The van der Waals surface area contributed by atoms with Crippen molar-refractivity contribution in [3.8, 4) is 0 Å². The molecule has 1 aliphatic heterocycles. The third kappa shape index (κ3) is 2.56. The zero-order chi connectivity index (χ0) is 9.80. The summed E-state index contributed by atoms with van der Waals surface area (Å²) in [6, 6.07) is 3.00. The van der Waals surface area contributed by atoms with Gasteiger partial charge in [-0.1, -0.05) is 0 Å². The fraction of sp³-hybridized carbons (Fsp3) is 0.636. The Bertz CT molecular complexity index is 252. The SMILES string of the molecule is CN(Cc1ccsc1)C1CCNCC1. The number of rotatable bonds is 3. The zero-order valence-corrected chi connectivity index (χ0v) is 9.52. The molecule has 1 N–H and O–H groups in total. The molecule has 2 nitrogen and oxygen atoms in total. The van der Waals surface area contributed by atoms with Crippen LogP contribution in [-0.4, -0.2) is 31.1 Å². The van der Waals surface area contributed by atoms with Crippen LogP contribution < -0.4 is 5.32 Å². The van der Waals surface area contributed by atoms with Gasteiger partial charge in [0.2, 0.25) is 0 Å². The van der Waals surface area contributed by atoms with Gasteiger partial charge in [0.1, 0.15) is 0 Å². The molecular formula is C11H18N2S. The van der Waals surface area contributed by atoms with E-state index in [4.69, 9.17) is 0 Å². The predicted molar refractivity (Wildman–Crippen MR) is 61.7 cm³/mol. The minimum atomic E-state index is 0.774. The van der Waals surface area contributed by atoms with Gasteiger partial charge < -0.3 is 5.32 Å². The molecule has 0 unspecified atom stereocenters. The fourth-order valence-corrected chi connectivity index (χ4v) is 2.71. The molecule has 3 heteroatoms. The van der Waals surface area contributed by atoms with Crippen LogP contribution in [0.4, 0.5) is 0 Å². The topological polar surface area (TPSA) is 15.3 Å². The molecule has 2 heterocycles. The second kappa shape index (κ2) is 4.91. The summed E-state index contributed by atoms with van der Waals surface area (Å²) >= 11 is 1.79. The van der Waals surface area contributed by atoms with E-state index < -0.39 is 0 Å². The summed E-state index contributed by atoms with van der Waals surface area (Å²) in [5, 5.41) is 7.81. The largest absolute Gasteiger partial charge is 0.317 e. The van der Waals surface area contributed by atoms with Crippen molar-refractivity contribution in [2.45, 2.75) is 25.4 Å². The van der Waals surface area contributed by atoms with E-state index in [0.29, 0.717) is 0 Å². The minimum absolute atomic E-state index is 0.774. The molecule has 0 amide bonds. The summed E-state index contributed by atoms with van der Waals surface area (Å²) in [6.45, 7) is 3.46. The Labute approximate surface area is 89.9 Å². The van der Waals surface area contributed by atoms with Gasteiger partial charge in [0.15, 0.2) is 0 Å². The number of nitrogens with zero attached hydrogens (tertiary/aromatic N) is 1. The summed E-state index contributed by atoms with van der Waals surface area (Å²) in [5.41, 5.74) is 1.45. The maximum Gasteiger partial charge on any atom is 0.0241 e. The first kappa shape index (κ1) is 10.1. The van der Waals surface area contributed by atoms with Crippen LogP contribution in [0.15, 0.2) is 16.8 Å². The average molecular weight is 210 g/mol. The van der Waals surface area contributed by atoms with Crippen LogP contribution in [0.25, 0.3) is 0 Å². The monoisotopic (exact) mass is 210 g/mol. The lowest BCUT2D eigenvalue weighted by molar-refractivity contribution is 0.192. The van der Waals surface area contributed by atoms with E-state index in [2.05, 4.69) is 34.1 Å². The molecule has 1 aromatic heterocycles. The molecule has 1 saturated heterocycles. The summed E-state index contributed by atoms with van der Waals surface area (Å²) < 4.78 is 0. The second-order valence-electron chi connectivity index (χ2n) is 4.03. The minimum Gasteiger partial charge on any atom is -0.317 e. The Morgan fingerprint density at radius 3 is 2.93 bits per heavy atom. The van der Waals surface area contributed by atoms with E-state index in [9.17, 15) is 0 Å². The highest BCUT2D eigenvalue weighted by Gasteiger charge is 2.17. The number of piperidine rings is 1. The first-order valence-electron chi connectivity index (χ1n) is 5.28. The molecule has 14 heavy (non-hydrogen) atoms. The number of thiophene rings is 1. The first-order valence-corrected chi connectivity index (χ1v) is 6.22. The lowest BCUT2D eigenvalue weighted by atomic mass is 10.1. The van der Waals surface area contributed by atoms with Crippen LogP contribution in [-0.2, 0) is 6.54 Å². The number of hydrogen-bond donors (Lipinski definition) is 1. The summed E-state index contributed by atoms with van der Waals surface area (Å²) in [6.07, 6.45) is 2.58. The van der Waals surface area contributed by atoms with E-state index >= 15 is 0 Å². The molecule has 0 saturated carbocycles. The highest BCUT2D eigenvalue weighted by Crippen LogP contribution is 2.14. The first-order chi connectivity index (χ1) is 6.86. The molecule has 1 aliphatic rings. The lowest BCUT2D eigenvalue weighted by Crippen LogP contribution is -2.40. The molecule has 0 atom stereocenters. The van der Waals surface area contributed by atoms with Crippen molar-refractivity contribution >= 4 is 11.3 Å². The van der Waals surface area contributed by atoms with Gasteiger partial charge >= 0.3 is 0 Å². The Morgan fingerprint density at radius 2 is 2.29 bits per heavy atom. The van der Waals surface area contributed by atoms with E-state index in [1.807, 2.05) is 0 Å². The van der Waals surface area contributed by atoms with Gasteiger partial charge in [0.05, 0.1) is 0 Å². The van der Waals surface area contributed by atoms with Crippen LogP contribution in [0.2, 0.25) is 0 Å². The van der Waals surface area contributed by atoms with Crippen molar-refractivity contribution in [2.75, 3.05) is 20.1 Å². The summed E-state index contributed by atoms with van der Waals surface area (Å²) in [4.78, 5) is 2.49. The van der Waals surface area contributed by atoms with Crippen LogP contribution in [0.1, 0.15) is 18.4 Å². The highest BCUT2D eigenvalue weighted by molar-refractivity contribution is 7.07. The van der Waals surface area contributed by atoms with Gasteiger partial charge in [-0.3, -0.25) is 4.90 Å². The van der Waals surface area contributed by atoms with Crippen molar-refractivity contribution in [2.24, 2.45) is 0 Å². The summed E-state index contributed by atoms with van der Waals surface area (Å²) in [5.74, 6) is 0. The second-order valence-corrected chi connectivity index (χ2v) is 4.81. The zero-order valence-electron chi connectivity index (χ0n) is 8.70. The quantitative estimate of drug-likeness (QED) is 0.820. The van der Waals surface area contributed by atoms with Gasteiger partial charge in [-0.05, 0) is 55.4 Å². The van der Waals surface area contributed by atoms with Gasteiger partial charge in [-0.15, -0.1) is 0 Å². The molecule has 0 bridgehead atoms. The molecule has 1 aromatic rings. The molecular weight excluding hydrogens is 192 g/mol. The number of hydrogen-bond acceptors (Lipinski definition) is 3. The Morgan fingerprint density at radius 1 is 1.50 bits per heavy atom. The standard InChI is InChI=1S/C11H18N2S/c1-13(8-10-4-7-14-9-10)11-2-5-12-6-3-11/h4,7,9,11-12H,2-3,5-6,8H2,1H3. The Balaban J connectivity index is 1.85. The fourth-order valence-electron chi connectivity index (χ4n) is 2.05. The molecule has 0 spiro atoms. The normalized spacial score (nSPS) is 19.0. The highest BCUT2D eigenvalue weighted by atomic mass is 32.1. The number of nitrogens with one attached hydrogen (secondary N) is 1. The summed E-state index contributed by atoms with van der Waals surface area (Å²) in [7, 11) is 2.24. The van der Waals surface area contributed by atoms with Gasteiger partial charge in [-0.2, -0.15) is 11.3 Å². The molecule has 2 rings (SSSR count). The van der Waals surface area contributed by atoms with Crippen LogP contribution in [0, 0.1) is 0 Å². The molecule has 0 aromatic carbocycles. The van der Waals surface area contributed by atoms with E-state index in [1.165, 1.54) is 31.5 Å². The van der Waals surface area contributed by atoms with Crippen molar-refractivity contribution in [1.29, 1.82) is 0 Å². The van der Waals surface area contributed by atoms with E-state index in [1.54, 1.807) is 11.3 Å². The van der Waals surface area contributed by atoms with E-state index in [0.717, 1.165) is 12.6 Å². The van der Waals surface area contributed by atoms with Crippen LogP contribution in [0.3, 0.4) is 0 Å². The molecule has 0 radical (unpaired) electrons. The maximum atomic E-state index is 3.40. The van der Waals surface area contributed by atoms with Crippen molar-refractivity contribution in [3.63, 3.8) is 0 Å². The Kier molecular flexibility index (Phi) is 3.56. The van der Waals surface area contributed by atoms with Gasteiger partial charge in [0.25, 0.3) is 0 Å². The average Bonchev–Trinajstić information content (AvgIpc) is 2.72. The van der Waals surface area contributed by atoms with Crippen LogP contribution >= 0.6 is 11.3 Å². The van der Waals surface area contributed by atoms with Gasteiger partial charge in [0, 0.05) is 12.6 Å². The molecule has 1 fully saturated rings. The third-order valence-electron chi connectivity index (χ3n) is 2.94.